The highest BCUT2D eigenvalue weighted by Gasteiger charge is 1.99. The zero-order valence-electron chi connectivity index (χ0n) is 7.72. The van der Waals surface area contributed by atoms with Crippen molar-refractivity contribution in [2.45, 2.75) is 6.42 Å². The van der Waals surface area contributed by atoms with Crippen LogP contribution < -0.4 is 5.73 Å². The van der Waals surface area contributed by atoms with E-state index in [-0.39, 0.29) is 0 Å². The molecule has 0 spiro atoms. The van der Waals surface area contributed by atoms with Gasteiger partial charge in [-0.1, -0.05) is 18.2 Å². The number of aromatic nitrogens is 1. The Morgan fingerprint density at radius 2 is 2.29 bits per heavy atom. The van der Waals surface area contributed by atoms with Crippen molar-refractivity contribution in [2.75, 3.05) is 5.73 Å². The Bertz CT molecular complexity index is 416. The quantitative estimate of drug-likeness (QED) is 0.729. The molecule has 3 heteroatoms. The van der Waals surface area contributed by atoms with E-state index in [0.717, 1.165) is 17.8 Å². The molecule has 1 aliphatic rings. The number of anilines is 1. The molecule has 1 aromatic heterocycles. The molecule has 14 heavy (non-hydrogen) atoms. The lowest BCUT2D eigenvalue weighted by atomic mass is 10.1. The van der Waals surface area contributed by atoms with Crippen molar-refractivity contribution in [1.82, 2.24) is 4.98 Å². The van der Waals surface area contributed by atoms with Gasteiger partial charge in [-0.25, -0.2) is 9.98 Å². The summed E-state index contributed by atoms with van der Waals surface area (Å²) in [5, 5.41) is 0. The van der Waals surface area contributed by atoms with E-state index in [2.05, 4.69) is 16.1 Å². The molecule has 3 nitrogen and oxygen atoms in total. The molecule has 0 aromatic carbocycles. The van der Waals surface area contributed by atoms with Crippen LogP contribution in [-0.4, -0.2) is 10.7 Å². The summed E-state index contributed by atoms with van der Waals surface area (Å²) in [6.45, 7) is 0. The third-order valence-corrected chi connectivity index (χ3v) is 1.94. The van der Waals surface area contributed by atoms with Crippen LogP contribution in [0.4, 0.5) is 11.5 Å². The molecule has 1 heterocycles. The monoisotopic (exact) mass is 185 g/mol. The van der Waals surface area contributed by atoms with E-state index in [0.29, 0.717) is 5.82 Å². The second kappa shape index (κ2) is 3.87. The molecule has 0 radical (unpaired) electrons. The number of nitrogens with two attached hydrogens (primary N) is 1. The lowest BCUT2D eigenvalue weighted by Crippen LogP contribution is -1.95. The van der Waals surface area contributed by atoms with E-state index in [1.165, 1.54) is 0 Å². The number of hydrogen-bond donors (Lipinski definition) is 1. The van der Waals surface area contributed by atoms with Gasteiger partial charge in [-0.05, 0) is 18.2 Å². The molecule has 0 fully saturated rings. The van der Waals surface area contributed by atoms with Crippen LogP contribution >= 0.6 is 0 Å². The number of aliphatic imine (C=N–C) groups is 1. The molecular formula is C11H11N3. The first-order chi connectivity index (χ1) is 6.86. The fourth-order valence-electron chi connectivity index (χ4n) is 1.24. The molecule has 0 amide bonds. The Morgan fingerprint density at radius 1 is 1.36 bits per heavy atom. The molecule has 0 saturated heterocycles. The minimum Gasteiger partial charge on any atom is -0.382 e. The minimum atomic E-state index is 0.475. The molecule has 0 atom stereocenters. The maximum atomic E-state index is 5.68. The number of hydrogen-bond acceptors (Lipinski definition) is 3. The van der Waals surface area contributed by atoms with Gasteiger partial charge in [0.2, 0.25) is 0 Å². The first kappa shape index (κ1) is 8.69. The van der Waals surface area contributed by atoms with Gasteiger partial charge in [0.05, 0.1) is 0 Å². The van der Waals surface area contributed by atoms with E-state index in [1.54, 1.807) is 6.20 Å². The van der Waals surface area contributed by atoms with Crippen LogP contribution in [0.2, 0.25) is 0 Å². The maximum Gasteiger partial charge on any atom is 0.149 e. The van der Waals surface area contributed by atoms with E-state index >= 15 is 0 Å². The highest BCUT2D eigenvalue weighted by molar-refractivity contribution is 5.99. The van der Waals surface area contributed by atoms with Gasteiger partial charge in [0.25, 0.3) is 0 Å². The van der Waals surface area contributed by atoms with Gasteiger partial charge >= 0.3 is 0 Å². The molecular weight excluding hydrogens is 174 g/mol. The molecule has 70 valence electrons. The first-order valence-corrected chi connectivity index (χ1v) is 4.47. The normalized spacial score (nSPS) is 17.6. The summed E-state index contributed by atoms with van der Waals surface area (Å²) in [6.07, 6.45) is 10.5. The van der Waals surface area contributed by atoms with E-state index in [9.17, 15) is 0 Å². The van der Waals surface area contributed by atoms with Crippen LogP contribution in [0.15, 0.2) is 47.6 Å². The van der Waals surface area contributed by atoms with Crippen molar-refractivity contribution in [3.63, 3.8) is 0 Å². The Morgan fingerprint density at radius 3 is 3.00 bits per heavy atom. The van der Waals surface area contributed by atoms with Crippen molar-refractivity contribution in [1.29, 1.82) is 0 Å². The van der Waals surface area contributed by atoms with Crippen molar-refractivity contribution in [3.8, 4) is 0 Å². The van der Waals surface area contributed by atoms with E-state index in [1.807, 2.05) is 30.4 Å². The van der Waals surface area contributed by atoms with Gasteiger partial charge in [-0.2, -0.15) is 0 Å². The molecule has 1 aromatic rings. The number of allylic oxidation sites excluding steroid dienone is 4. The van der Waals surface area contributed by atoms with Gasteiger partial charge in [-0.15, -0.1) is 0 Å². The summed E-state index contributed by atoms with van der Waals surface area (Å²) in [6, 6.07) is 3.69. The predicted molar refractivity (Wildman–Crippen MR) is 58.6 cm³/mol. The van der Waals surface area contributed by atoms with Crippen LogP contribution in [0.3, 0.4) is 0 Å². The zero-order valence-corrected chi connectivity index (χ0v) is 7.72. The summed E-state index contributed by atoms with van der Waals surface area (Å²) in [4.78, 5) is 8.38. The second-order valence-electron chi connectivity index (χ2n) is 3.00. The van der Waals surface area contributed by atoms with Gasteiger partial charge in [-0.3, -0.25) is 0 Å². The van der Waals surface area contributed by atoms with Crippen molar-refractivity contribution >= 4 is 17.2 Å². The summed E-state index contributed by atoms with van der Waals surface area (Å²) in [5.41, 5.74) is 7.42. The van der Waals surface area contributed by atoms with Gasteiger partial charge in [0, 0.05) is 18.3 Å². The van der Waals surface area contributed by atoms with Crippen LogP contribution in [0.1, 0.15) is 6.42 Å². The van der Waals surface area contributed by atoms with Gasteiger partial charge in [0.1, 0.15) is 11.5 Å². The van der Waals surface area contributed by atoms with Gasteiger partial charge < -0.3 is 5.73 Å². The number of rotatable bonds is 1. The number of nitrogens with zero attached hydrogens (tertiary/aromatic N) is 2. The van der Waals surface area contributed by atoms with Crippen LogP contribution in [0.5, 0.6) is 0 Å². The lowest BCUT2D eigenvalue weighted by molar-refractivity contribution is 1.30. The average Bonchev–Trinajstić information content (AvgIpc) is 2.23. The highest BCUT2D eigenvalue weighted by Crippen LogP contribution is 2.19. The molecule has 1 aliphatic carbocycles. The van der Waals surface area contributed by atoms with E-state index < -0.39 is 0 Å². The molecule has 2 rings (SSSR count). The summed E-state index contributed by atoms with van der Waals surface area (Å²) < 4.78 is 0. The molecule has 0 bridgehead atoms. The van der Waals surface area contributed by atoms with Crippen molar-refractivity contribution in [2.24, 2.45) is 4.99 Å². The average molecular weight is 185 g/mol. The van der Waals surface area contributed by atoms with Crippen LogP contribution in [0, 0.1) is 0 Å². The van der Waals surface area contributed by atoms with Crippen LogP contribution in [0.25, 0.3) is 0 Å². The molecule has 0 saturated carbocycles. The standard InChI is InChI=1S/C11H11N3/c12-11-10(7-4-8-13-11)14-9-5-2-1-3-6-9/h1-5,7-8H,6H2,(H2,12,13). The Kier molecular flexibility index (Phi) is 2.40. The molecule has 0 aliphatic heterocycles. The summed E-state index contributed by atoms with van der Waals surface area (Å²) in [5.74, 6) is 0.475. The molecule has 0 unspecified atom stereocenters. The minimum absolute atomic E-state index is 0.475. The molecule has 2 N–H and O–H groups in total. The number of nitrogen functional groups attached to an aromatic ring is 1. The smallest absolute Gasteiger partial charge is 0.149 e. The maximum absolute atomic E-state index is 5.68. The topological polar surface area (TPSA) is 51.3 Å². The Balaban J connectivity index is 2.29. The first-order valence-electron chi connectivity index (χ1n) is 4.47. The van der Waals surface area contributed by atoms with Gasteiger partial charge in [0.15, 0.2) is 0 Å². The van der Waals surface area contributed by atoms with Crippen molar-refractivity contribution < 1.29 is 0 Å². The lowest BCUT2D eigenvalue weighted by Gasteiger charge is -2.02. The Hall–Kier alpha value is -1.90. The fraction of sp³-hybridized carbons (Fsp3) is 0.0909. The Labute approximate surface area is 82.7 Å². The zero-order chi connectivity index (χ0) is 9.80. The second-order valence-corrected chi connectivity index (χ2v) is 3.00. The third-order valence-electron chi connectivity index (χ3n) is 1.94. The highest BCUT2D eigenvalue weighted by atomic mass is 14.9. The third kappa shape index (κ3) is 1.88. The SMILES string of the molecule is Nc1ncccc1N=C1C=CC=CC1. The van der Waals surface area contributed by atoms with E-state index in [4.69, 9.17) is 5.73 Å². The van der Waals surface area contributed by atoms with Crippen molar-refractivity contribution in [3.05, 3.63) is 42.6 Å². The summed E-state index contributed by atoms with van der Waals surface area (Å²) >= 11 is 0. The summed E-state index contributed by atoms with van der Waals surface area (Å²) in [7, 11) is 0. The predicted octanol–water partition coefficient (Wildman–Crippen LogP) is 2.25. The largest absolute Gasteiger partial charge is 0.382 e. The number of pyridine rings is 1. The van der Waals surface area contributed by atoms with Crippen LogP contribution in [-0.2, 0) is 0 Å². The fourth-order valence-corrected chi connectivity index (χ4v) is 1.24.